The third kappa shape index (κ3) is 3.26. The quantitative estimate of drug-likeness (QED) is 0.682. The molecular formula is C20H21N3O. The Labute approximate surface area is 142 Å². The van der Waals surface area contributed by atoms with Crippen LogP contribution in [0.15, 0.2) is 42.5 Å². The van der Waals surface area contributed by atoms with Crippen LogP contribution < -0.4 is 4.74 Å². The van der Waals surface area contributed by atoms with E-state index in [9.17, 15) is 0 Å². The molecule has 0 aliphatic carbocycles. The number of fused-ring (bicyclic) bond motifs is 1. The van der Waals surface area contributed by atoms with Crippen molar-refractivity contribution < 1.29 is 4.74 Å². The Morgan fingerprint density at radius 3 is 2.67 bits per heavy atom. The summed E-state index contributed by atoms with van der Waals surface area (Å²) in [6.07, 6.45) is 2.04. The summed E-state index contributed by atoms with van der Waals surface area (Å²) in [5.41, 5.74) is 4.68. The van der Waals surface area contributed by atoms with E-state index >= 15 is 0 Å². The number of aryl methyl sites for hydroxylation is 2. The average Bonchev–Trinajstić information content (AvgIpc) is 2.94. The lowest BCUT2D eigenvalue weighted by atomic mass is 10.2. The Kier molecular flexibility index (Phi) is 4.81. The first-order chi connectivity index (χ1) is 11.7. The van der Waals surface area contributed by atoms with Gasteiger partial charge in [0.1, 0.15) is 17.6 Å². The second-order valence-electron chi connectivity index (χ2n) is 5.90. The number of rotatable bonds is 6. The normalized spacial score (nSPS) is 10.7. The molecule has 4 heteroatoms. The Morgan fingerprint density at radius 1 is 1.17 bits per heavy atom. The Hall–Kier alpha value is -2.80. The van der Waals surface area contributed by atoms with Gasteiger partial charge in [0.05, 0.1) is 11.0 Å². The molecule has 0 bridgehead atoms. The van der Waals surface area contributed by atoms with Gasteiger partial charge in [-0.1, -0.05) is 31.2 Å². The third-order valence-corrected chi connectivity index (χ3v) is 4.10. The van der Waals surface area contributed by atoms with E-state index in [-0.39, 0.29) is 6.61 Å². The number of hydrogen-bond acceptors (Lipinski definition) is 3. The van der Waals surface area contributed by atoms with E-state index in [4.69, 9.17) is 15.0 Å². The second-order valence-corrected chi connectivity index (χ2v) is 5.90. The van der Waals surface area contributed by atoms with Gasteiger partial charge in [-0.05, 0) is 42.7 Å². The fraction of sp³-hybridized carbons (Fsp3) is 0.300. The molecule has 0 spiro atoms. The van der Waals surface area contributed by atoms with Crippen molar-refractivity contribution >= 4 is 11.0 Å². The Morgan fingerprint density at radius 2 is 1.96 bits per heavy atom. The minimum Gasteiger partial charge on any atom is -0.479 e. The standard InChI is InChI=1S/C20H21N3O/c1-3-5-19-22-20-15(2)6-4-7-18(20)23(19)14-16-8-10-17(11-9-16)24-13-12-21/h4,6-11H,3,5,13-14H2,1-2H3. The number of aromatic nitrogens is 2. The van der Waals surface area contributed by atoms with Gasteiger partial charge in [-0.15, -0.1) is 0 Å². The van der Waals surface area contributed by atoms with Crippen LogP contribution in [0.1, 0.15) is 30.3 Å². The van der Waals surface area contributed by atoms with Crippen molar-refractivity contribution in [2.45, 2.75) is 33.2 Å². The zero-order valence-corrected chi connectivity index (χ0v) is 14.1. The molecular weight excluding hydrogens is 298 g/mol. The summed E-state index contributed by atoms with van der Waals surface area (Å²) in [5.74, 6) is 1.85. The smallest absolute Gasteiger partial charge is 0.174 e. The SMILES string of the molecule is CCCc1nc2c(C)cccc2n1Cc1ccc(OCC#N)cc1. The minimum atomic E-state index is 0.0748. The molecule has 1 heterocycles. The highest BCUT2D eigenvalue weighted by atomic mass is 16.5. The summed E-state index contributed by atoms with van der Waals surface area (Å²) in [6, 6.07) is 16.2. The number of hydrogen-bond donors (Lipinski definition) is 0. The van der Waals surface area contributed by atoms with Crippen molar-refractivity contribution in [3.05, 3.63) is 59.4 Å². The summed E-state index contributed by atoms with van der Waals surface area (Å²) in [4.78, 5) is 4.86. The van der Waals surface area contributed by atoms with E-state index in [0.717, 1.165) is 36.5 Å². The molecule has 3 rings (SSSR count). The van der Waals surface area contributed by atoms with Crippen LogP contribution in [0.3, 0.4) is 0 Å². The highest BCUT2D eigenvalue weighted by Gasteiger charge is 2.12. The zero-order valence-electron chi connectivity index (χ0n) is 14.1. The predicted molar refractivity (Wildman–Crippen MR) is 95.1 cm³/mol. The molecule has 0 aliphatic rings. The highest BCUT2D eigenvalue weighted by molar-refractivity contribution is 5.79. The molecule has 0 N–H and O–H groups in total. The lowest BCUT2D eigenvalue weighted by Gasteiger charge is -2.10. The number of nitriles is 1. The predicted octanol–water partition coefficient (Wildman–Crippen LogP) is 4.25. The summed E-state index contributed by atoms with van der Waals surface area (Å²) < 4.78 is 7.62. The van der Waals surface area contributed by atoms with Crippen LogP contribution in [0.25, 0.3) is 11.0 Å². The first kappa shape index (κ1) is 16.1. The summed E-state index contributed by atoms with van der Waals surface area (Å²) in [7, 11) is 0. The summed E-state index contributed by atoms with van der Waals surface area (Å²) >= 11 is 0. The minimum absolute atomic E-state index is 0.0748. The summed E-state index contributed by atoms with van der Waals surface area (Å²) in [6.45, 7) is 5.15. The van der Waals surface area contributed by atoms with Crippen LogP contribution in [0.2, 0.25) is 0 Å². The summed E-state index contributed by atoms with van der Waals surface area (Å²) in [5, 5.41) is 8.57. The maximum absolute atomic E-state index is 8.57. The second kappa shape index (κ2) is 7.18. The first-order valence-corrected chi connectivity index (χ1v) is 8.26. The van der Waals surface area contributed by atoms with Gasteiger partial charge >= 0.3 is 0 Å². The van der Waals surface area contributed by atoms with E-state index in [0.29, 0.717) is 0 Å². The molecule has 122 valence electrons. The average molecular weight is 319 g/mol. The monoisotopic (exact) mass is 319 g/mol. The van der Waals surface area contributed by atoms with Gasteiger partial charge in [0.25, 0.3) is 0 Å². The molecule has 0 saturated heterocycles. The van der Waals surface area contributed by atoms with Crippen LogP contribution >= 0.6 is 0 Å². The number of imidazole rings is 1. The molecule has 0 unspecified atom stereocenters. The number of benzene rings is 2. The van der Waals surface area contributed by atoms with Gasteiger partial charge in [-0.2, -0.15) is 5.26 Å². The maximum atomic E-state index is 8.57. The van der Waals surface area contributed by atoms with Gasteiger partial charge < -0.3 is 9.30 Å². The molecule has 0 atom stereocenters. The van der Waals surface area contributed by atoms with Crippen molar-refractivity contribution in [1.82, 2.24) is 9.55 Å². The lowest BCUT2D eigenvalue weighted by molar-refractivity contribution is 0.368. The third-order valence-electron chi connectivity index (χ3n) is 4.10. The van der Waals surface area contributed by atoms with Crippen molar-refractivity contribution in [3.8, 4) is 11.8 Å². The van der Waals surface area contributed by atoms with Crippen LogP contribution in [-0.2, 0) is 13.0 Å². The molecule has 0 amide bonds. The van der Waals surface area contributed by atoms with E-state index in [2.05, 4.69) is 36.6 Å². The van der Waals surface area contributed by atoms with Crippen molar-refractivity contribution in [2.24, 2.45) is 0 Å². The van der Waals surface area contributed by atoms with E-state index in [1.807, 2.05) is 30.3 Å². The van der Waals surface area contributed by atoms with Crippen molar-refractivity contribution in [1.29, 1.82) is 5.26 Å². The first-order valence-electron chi connectivity index (χ1n) is 8.26. The van der Waals surface area contributed by atoms with Crippen LogP contribution in [0, 0.1) is 18.3 Å². The molecule has 0 saturated carbocycles. The number of para-hydroxylation sites is 1. The Bertz CT molecular complexity index is 872. The largest absolute Gasteiger partial charge is 0.479 e. The van der Waals surface area contributed by atoms with Crippen LogP contribution in [0.5, 0.6) is 5.75 Å². The maximum Gasteiger partial charge on any atom is 0.174 e. The van der Waals surface area contributed by atoms with Crippen molar-refractivity contribution in [2.75, 3.05) is 6.61 Å². The number of ether oxygens (including phenoxy) is 1. The van der Waals surface area contributed by atoms with E-state index in [1.54, 1.807) is 0 Å². The van der Waals surface area contributed by atoms with Gasteiger partial charge in [-0.3, -0.25) is 0 Å². The molecule has 3 aromatic rings. The number of nitrogens with zero attached hydrogens (tertiary/aromatic N) is 3. The molecule has 0 fully saturated rings. The Balaban J connectivity index is 1.92. The van der Waals surface area contributed by atoms with Gasteiger partial charge in [0.15, 0.2) is 6.61 Å². The molecule has 4 nitrogen and oxygen atoms in total. The molecule has 0 aliphatic heterocycles. The molecule has 0 radical (unpaired) electrons. The van der Waals surface area contributed by atoms with E-state index < -0.39 is 0 Å². The molecule has 2 aromatic carbocycles. The lowest BCUT2D eigenvalue weighted by Crippen LogP contribution is -2.05. The van der Waals surface area contributed by atoms with Gasteiger partial charge in [-0.25, -0.2) is 4.98 Å². The van der Waals surface area contributed by atoms with Crippen LogP contribution in [-0.4, -0.2) is 16.2 Å². The molecule has 24 heavy (non-hydrogen) atoms. The van der Waals surface area contributed by atoms with Crippen molar-refractivity contribution in [3.63, 3.8) is 0 Å². The molecule has 1 aromatic heterocycles. The van der Waals surface area contributed by atoms with E-state index in [1.165, 1.54) is 16.6 Å². The topological polar surface area (TPSA) is 50.8 Å². The highest BCUT2D eigenvalue weighted by Crippen LogP contribution is 2.22. The van der Waals surface area contributed by atoms with Crippen LogP contribution in [0.4, 0.5) is 0 Å². The van der Waals surface area contributed by atoms with Gasteiger partial charge in [0, 0.05) is 13.0 Å². The fourth-order valence-electron chi connectivity index (χ4n) is 2.92. The van der Waals surface area contributed by atoms with Gasteiger partial charge in [0.2, 0.25) is 0 Å². The fourth-order valence-corrected chi connectivity index (χ4v) is 2.92. The zero-order chi connectivity index (χ0) is 16.9.